The number of nitrogens with zero attached hydrogens (tertiary/aromatic N) is 3. The first kappa shape index (κ1) is 12.9. The topological polar surface area (TPSA) is 45.6 Å². The highest BCUT2D eigenvalue weighted by Gasteiger charge is 2.47. The number of aromatic nitrogens is 1. The molecule has 2 atom stereocenters. The maximum absolute atomic E-state index is 13.0. The van der Waals surface area contributed by atoms with E-state index in [1.807, 2.05) is 27.8 Å². The highest BCUT2D eigenvalue weighted by molar-refractivity contribution is 5.94. The fraction of sp³-hybridized carbons (Fsp3) is 0.600. The molecule has 1 saturated carbocycles. The molecule has 0 N–H and O–H groups in total. The molecular formula is C15H18FN3O2. The van der Waals surface area contributed by atoms with E-state index in [0.29, 0.717) is 31.6 Å². The molecule has 1 aromatic heterocycles. The van der Waals surface area contributed by atoms with Gasteiger partial charge in [-0.05, 0) is 25.0 Å². The van der Waals surface area contributed by atoms with Crippen molar-refractivity contribution in [1.29, 1.82) is 0 Å². The van der Waals surface area contributed by atoms with E-state index in [-0.39, 0.29) is 29.8 Å². The summed E-state index contributed by atoms with van der Waals surface area (Å²) >= 11 is 0. The molecule has 1 saturated heterocycles. The first-order valence-electron chi connectivity index (χ1n) is 7.43. The summed E-state index contributed by atoms with van der Waals surface area (Å²) in [6.07, 6.45) is 1.80. The minimum atomic E-state index is -0.816. The van der Waals surface area contributed by atoms with Crippen LogP contribution in [-0.4, -0.2) is 58.5 Å². The molecule has 0 radical (unpaired) electrons. The van der Waals surface area contributed by atoms with Crippen molar-refractivity contribution in [3.05, 3.63) is 24.0 Å². The van der Waals surface area contributed by atoms with Crippen molar-refractivity contribution in [1.82, 2.24) is 14.4 Å². The second-order valence-corrected chi connectivity index (χ2v) is 6.36. The van der Waals surface area contributed by atoms with Crippen LogP contribution in [0, 0.1) is 5.92 Å². The van der Waals surface area contributed by atoms with Gasteiger partial charge in [-0.2, -0.15) is 0 Å². The lowest BCUT2D eigenvalue weighted by molar-refractivity contribution is -0.139. The molecule has 21 heavy (non-hydrogen) atoms. The minimum Gasteiger partial charge on any atom is -0.338 e. The van der Waals surface area contributed by atoms with Crippen molar-refractivity contribution in [2.45, 2.75) is 31.1 Å². The quantitative estimate of drug-likeness (QED) is 0.777. The van der Waals surface area contributed by atoms with Crippen molar-refractivity contribution < 1.29 is 14.0 Å². The van der Waals surface area contributed by atoms with Crippen molar-refractivity contribution in [2.24, 2.45) is 5.92 Å². The van der Waals surface area contributed by atoms with Gasteiger partial charge in [0.2, 0.25) is 5.91 Å². The Balaban J connectivity index is 1.58. The molecule has 0 bridgehead atoms. The average Bonchev–Trinajstić information content (AvgIpc) is 3.06. The van der Waals surface area contributed by atoms with Crippen molar-refractivity contribution in [2.75, 3.05) is 20.1 Å². The van der Waals surface area contributed by atoms with Gasteiger partial charge in [-0.15, -0.1) is 0 Å². The zero-order valence-corrected chi connectivity index (χ0v) is 11.9. The number of likely N-dealkylation sites (N-methyl/N-ethyl adjacent to an activating group) is 1. The summed E-state index contributed by atoms with van der Waals surface area (Å²) in [6.45, 7) is 1.16. The van der Waals surface area contributed by atoms with Gasteiger partial charge >= 0.3 is 0 Å². The third-order valence-electron chi connectivity index (χ3n) is 5.17. The van der Waals surface area contributed by atoms with E-state index in [0.717, 1.165) is 0 Å². The third-order valence-corrected chi connectivity index (χ3v) is 5.17. The van der Waals surface area contributed by atoms with Gasteiger partial charge in [0.15, 0.2) is 0 Å². The Morgan fingerprint density at radius 2 is 2.00 bits per heavy atom. The van der Waals surface area contributed by atoms with Crippen molar-refractivity contribution >= 4 is 11.8 Å². The van der Waals surface area contributed by atoms with Crippen molar-refractivity contribution in [3.8, 4) is 0 Å². The van der Waals surface area contributed by atoms with Crippen LogP contribution in [0.4, 0.5) is 4.39 Å². The Bertz CT molecular complexity index is 608. The Hall–Kier alpha value is -1.85. The van der Waals surface area contributed by atoms with Gasteiger partial charge in [-0.1, -0.05) is 0 Å². The van der Waals surface area contributed by atoms with E-state index in [4.69, 9.17) is 0 Å². The van der Waals surface area contributed by atoms with Gasteiger partial charge in [0.05, 0.1) is 12.1 Å². The normalized spacial score (nSPS) is 34.5. The van der Waals surface area contributed by atoms with Gasteiger partial charge in [0.1, 0.15) is 11.9 Å². The molecule has 3 heterocycles. The van der Waals surface area contributed by atoms with Crippen LogP contribution < -0.4 is 0 Å². The number of carbonyl (C=O) groups is 2. The van der Waals surface area contributed by atoms with E-state index in [1.165, 1.54) is 0 Å². The molecule has 1 aliphatic carbocycles. The highest BCUT2D eigenvalue weighted by Crippen LogP contribution is 2.37. The second kappa shape index (κ2) is 4.32. The maximum Gasteiger partial charge on any atom is 0.270 e. The largest absolute Gasteiger partial charge is 0.338 e. The van der Waals surface area contributed by atoms with Gasteiger partial charge < -0.3 is 14.4 Å². The first-order valence-corrected chi connectivity index (χ1v) is 7.43. The molecule has 0 unspecified atom stereocenters. The third kappa shape index (κ3) is 1.74. The van der Waals surface area contributed by atoms with E-state index in [9.17, 15) is 14.0 Å². The maximum atomic E-state index is 13.0. The minimum absolute atomic E-state index is 0.00279. The first-order chi connectivity index (χ1) is 10.1. The molecular weight excluding hydrogens is 273 g/mol. The predicted octanol–water partition coefficient (Wildman–Crippen LogP) is 1.07. The van der Waals surface area contributed by atoms with Crippen LogP contribution in [0.2, 0.25) is 0 Å². The summed E-state index contributed by atoms with van der Waals surface area (Å²) in [5, 5.41) is 0. The molecule has 112 valence electrons. The lowest BCUT2D eigenvalue weighted by Crippen LogP contribution is -2.48. The predicted molar refractivity (Wildman–Crippen MR) is 73.6 cm³/mol. The van der Waals surface area contributed by atoms with E-state index < -0.39 is 6.17 Å². The number of alkyl halides is 1. The SMILES string of the molecule is CN1C(=O)c2cccn2[C@@H]2CN(C(=O)C3CC(F)C3)C[C@H]21. The second-order valence-electron chi connectivity index (χ2n) is 6.36. The number of carbonyl (C=O) groups excluding carboxylic acids is 2. The monoisotopic (exact) mass is 291 g/mol. The fourth-order valence-electron chi connectivity index (χ4n) is 3.81. The summed E-state index contributed by atoms with van der Waals surface area (Å²) < 4.78 is 14.9. The number of rotatable bonds is 1. The molecule has 0 aromatic carbocycles. The Kier molecular flexibility index (Phi) is 2.65. The van der Waals surface area contributed by atoms with Gasteiger partial charge in [0.25, 0.3) is 5.91 Å². The van der Waals surface area contributed by atoms with Crippen LogP contribution >= 0.6 is 0 Å². The van der Waals surface area contributed by atoms with Crippen LogP contribution in [0.1, 0.15) is 29.4 Å². The summed E-state index contributed by atoms with van der Waals surface area (Å²) in [4.78, 5) is 28.2. The summed E-state index contributed by atoms with van der Waals surface area (Å²) in [5.74, 6) is -0.110. The molecule has 0 spiro atoms. The molecule has 2 fully saturated rings. The van der Waals surface area contributed by atoms with Crippen LogP contribution in [0.3, 0.4) is 0 Å². The number of hydrogen-bond donors (Lipinski definition) is 0. The fourth-order valence-corrected chi connectivity index (χ4v) is 3.81. The Labute approximate surface area is 122 Å². The number of fused-ring (bicyclic) bond motifs is 3. The number of likely N-dealkylation sites (tertiary alicyclic amines) is 1. The smallest absolute Gasteiger partial charge is 0.270 e. The Morgan fingerprint density at radius 3 is 2.71 bits per heavy atom. The van der Waals surface area contributed by atoms with Crippen LogP contribution in [0.25, 0.3) is 0 Å². The molecule has 5 nitrogen and oxygen atoms in total. The molecule has 1 aromatic rings. The molecule has 3 aliphatic rings. The zero-order chi connectivity index (χ0) is 14.7. The molecule has 6 heteroatoms. The van der Waals surface area contributed by atoms with E-state index in [1.54, 1.807) is 11.9 Å². The lowest BCUT2D eigenvalue weighted by atomic mass is 9.82. The van der Waals surface area contributed by atoms with Crippen molar-refractivity contribution in [3.63, 3.8) is 0 Å². The molecule has 2 amide bonds. The number of amides is 2. The van der Waals surface area contributed by atoms with Gasteiger partial charge in [-0.3, -0.25) is 9.59 Å². The summed E-state index contributed by atoms with van der Waals surface area (Å²) in [5.41, 5.74) is 0.681. The standard InChI is InChI=1S/C15H18FN3O2/c1-17-12-7-18(14(20)9-5-10(16)6-9)8-13(12)19-4-2-3-11(19)15(17)21/h2-4,9-10,12-13H,5-8H2,1H3/t9?,10?,12-,13-/m1/s1. The summed E-state index contributed by atoms with van der Waals surface area (Å²) in [6, 6.07) is 3.82. The van der Waals surface area contributed by atoms with Crippen LogP contribution in [-0.2, 0) is 4.79 Å². The van der Waals surface area contributed by atoms with Gasteiger partial charge in [0, 0.05) is 32.3 Å². The summed E-state index contributed by atoms with van der Waals surface area (Å²) in [7, 11) is 1.80. The number of halogens is 1. The van der Waals surface area contributed by atoms with Crippen LogP contribution in [0.5, 0.6) is 0 Å². The molecule has 2 aliphatic heterocycles. The van der Waals surface area contributed by atoms with Crippen LogP contribution in [0.15, 0.2) is 18.3 Å². The molecule has 4 rings (SSSR count). The van der Waals surface area contributed by atoms with Gasteiger partial charge in [-0.25, -0.2) is 4.39 Å². The van der Waals surface area contributed by atoms with E-state index in [2.05, 4.69) is 0 Å². The van der Waals surface area contributed by atoms with E-state index >= 15 is 0 Å². The average molecular weight is 291 g/mol. The zero-order valence-electron chi connectivity index (χ0n) is 11.9. The number of hydrogen-bond acceptors (Lipinski definition) is 2. The lowest BCUT2D eigenvalue weighted by Gasteiger charge is -2.35. The Morgan fingerprint density at radius 1 is 1.29 bits per heavy atom. The highest BCUT2D eigenvalue weighted by atomic mass is 19.1.